The summed E-state index contributed by atoms with van der Waals surface area (Å²) >= 11 is 4.18. The van der Waals surface area contributed by atoms with Gasteiger partial charge in [-0.3, -0.25) is 14.9 Å². The van der Waals surface area contributed by atoms with Crippen LogP contribution in [0.3, 0.4) is 0 Å². The van der Waals surface area contributed by atoms with Crippen LogP contribution in [-0.4, -0.2) is 15.2 Å². The Bertz CT molecular complexity index is 454. The lowest BCUT2D eigenvalue weighted by atomic mass is 9.96. The van der Waals surface area contributed by atoms with E-state index >= 15 is 0 Å². The first kappa shape index (κ1) is 12.8. The van der Waals surface area contributed by atoms with Crippen molar-refractivity contribution in [3.63, 3.8) is 0 Å². The molecule has 88 valence electrons. The molecule has 0 radical (unpaired) electrons. The van der Waals surface area contributed by atoms with E-state index in [9.17, 15) is 14.9 Å². The molecule has 0 unspecified atom stereocenters. The average molecular weight is 242 g/mol. The number of nitro groups is 1. The van der Waals surface area contributed by atoms with E-state index in [1.165, 1.54) is 22.9 Å². The second kappa shape index (κ2) is 4.69. The predicted molar refractivity (Wildman–Crippen MR) is 65.0 cm³/mol. The SMILES string of the molecule is CC(C)(CS)Cn1cc([N+](=O)[O-])ccc1=O. The predicted octanol–water partition coefficient (Wildman–Crippen LogP) is 1.71. The molecule has 0 fully saturated rings. The van der Waals surface area contributed by atoms with Gasteiger partial charge in [0.05, 0.1) is 11.1 Å². The maximum atomic E-state index is 11.5. The average Bonchev–Trinajstić information content (AvgIpc) is 2.21. The van der Waals surface area contributed by atoms with Gasteiger partial charge in [0.15, 0.2) is 0 Å². The lowest BCUT2D eigenvalue weighted by Gasteiger charge is -2.22. The van der Waals surface area contributed by atoms with Crippen LogP contribution >= 0.6 is 12.6 Å². The Hall–Kier alpha value is -1.30. The van der Waals surface area contributed by atoms with Crippen LogP contribution in [0.25, 0.3) is 0 Å². The molecular formula is C10H14N2O3S. The van der Waals surface area contributed by atoms with Gasteiger partial charge in [-0.15, -0.1) is 0 Å². The minimum Gasteiger partial charge on any atom is -0.308 e. The lowest BCUT2D eigenvalue weighted by Crippen LogP contribution is -2.28. The molecule has 16 heavy (non-hydrogen) atoms. The van der Waals surface area contributed by atoms with Crippen molar-refractivity contribution in [2.45, 2.75) is 20.4 Å². The first-order valence-electron chi connectivity index (χ1n) is 4.81. The van der Waals surface area contributed by atoms with Crippen molar-refractivity contribution in [2.75, 3.05) is 5.75 Å². The van der Waals surface area contributed by atoms with E-state index in [1.807, 2.05) is 13.8 Å². The summed E-state index contributed by atoms with van der Waals surface area (Å²) in [4.78, 5) is 21.6. The molecule has 0 spiro atoms. The molecule has 0 bridgehead atoms. The minimum atomic E-state index is -0.510. The maximum Gasteiger partial charge on any atom is 0.285 e. The molecular weight excluding hydrogens is 228 g/mol. The third kappa shape index (κ3) is 3.10. The van der Waals surface area contributed by atoms with E-state index in [2.05, 4.69) is 12.6 Å². The fourth-order valence-electron chi connectivity index (χ4n) is 1.26. The fraction of sp³-hybridized carbons (Fsp3) is 0.500. The number of hydrogen-bond acceptors (Lipinski definition) is 4. The molecule has 1 aromatic heterocycles. The summed E-state index contributed by atoms with van der Waals surface area (Å²) in [6.45, 7) is 4.31. The van der Waals surface area contributed by atoms with Crippen molar-refractivity contribution in [2.24, 2.45) is 5.41 Å². The van der Waals surface area contributed by atoms with E-state index in [4.69, 9.17) is 0 Å². The molecule has 5 nitrogen and oxygen atoms in total. The van der Waals surface area contributed by atoms with Crippen LogP contribution in [0.15, 0.2) is 23.1 Å². The van der Waals surface area contributed by atoms with Gasteiger partial charge in [-0.25, -0.2) is 0 Å². The zero-order chi connectivity index (χ0) is 12.3. The smallest absolute Gasteiger partial charge is 0.285 e. The van der Waals surface area contributed by atoms with E-state index in [1.54, 1.807) is 0 Å². The molecule has 0 atom stereocenters. The fourth-order valence-corrected chi connectivity index (χ4v) is 1.36. The van der Waals surface area contributed by atoms with E-state index in [-0.39, 0.29) is 16.7 Å². The summed E-state index contributed by atoms with van der Waals surface area (Å²) in [5.74, 6) is 0.599. The zero-order valence-corrected chi connectivity index (χ0v) is 10.1. The van der Waals surface area contributed by atoms with Crippen molar-refractivity contribution in [1.82, 2.24) is 4.57 Å². The summed E-state index contributed by atoms with van der Waals surface area (Å²) in [6, 6.07) is 2.43. The van der Waals surface area contributed by atoms with Gasteiger partial charge in [-0.1, -0.05) is 13.8 Å². The Morgan fingerprint density at radius 3 is 2.62 bits per heavy atom. The highest BCUT2D eigenvalue weighted by molar-refractivity contribution is 7.80. The molecule has 1 heterocycles. The second-order valence-corrected chi connectivity index (χ2v) is 4.75. The molecule has 0 aliphatic heterocycles. The van der Waals surface area contributed by atoms with Crippen LogP contribution in [0.2, 0.25) is 0 Å². The quantitative estimate of drug-likeness (QED) is 0.496. The van der Waals surface area contributed by atoms with Crippen molar-refractivity contribution in [1.29, 1.82) is 0 Å². The molecule has 6 heteroatoms. The van der Waals surface area contributed by atoms with Gasteiger partial charge in [-0.2, -0.15) is 12.6 Å². The van der Waals surface area contributed by atoms with E-state index in [0.29, 0.717) is 12.3 Å². The number of nitrogens with zero attached hydrogens (tertiary/aromatic N) is 2. The Morgan fingerprint density at radius 2 is 2.12 bits per heavy atom. The number of aromatic nitrogens is 1. The summed E-state index contributed by atoms with van der Waals surface area (Å²) in [5.41, 5.74) is -0.489. The third-order valence-electron chi connectivity index (χ3n) is 2.21. The Labute approximate surface area is 98.7 Å². The summed E-state index contributed by atoms with van der Waals surface area (Å²) in [5, 5.41) is 10.6. The van der Waals surface area contributed by atoms with Gasteiger partial charge in [0.25, 0.3) is 11.2 Å². The van der Waals surface area contributed by atoms with Crippen molar-refractivity contribution >= 4 is 18.3 Å². The molecule has 0 N–H and O–H groups in total. The lowest BCUT2D eigenvalue weighted by molar-refractivity contribution is -0.385. The molecule has 0 aliphatic rings. The van der Waals surface area contributed by atoms with Crippen LogP contribution in [0.1, 0.15) is 13.8 Å². The van der Waals surface area contributed by atoms with Gasteiger partial charge >= 0.3 is 0 Å². The largest absolute Gasteiger partial charge is 0.308 e. The molecule has 0 aliphatic carbocycles. The summed E-state index contributed by atoms with van der Waals surface area (Å²) in [7, 11) is 0. The van der Waals surface area contributed by atoms with Gasteiger partial charge in [0.2, 0.25) is 0 Å². The Balaban J connectivity index is 3.09. The first-order valence-corrected chi connectivity index (χ1v) is 5.45. The van der Waals surface area contributed by atoms with Gasteiger partial charge in [-0.05, 0) is 11.2 Å². The monoisotopic (exact) mass is 242 g/mol. The second-order valence-electron chi connectivity index (χ2n) is 4.43. The van der Waals surface area contributed by atoms with E-state index < -0.39 is 4.92 Å². The highest BCUT2D eigenvalue weighted by Gasteiger charge is 2.18. The first-order chi connectivity index (χ1) is 7.35. The van der Waals surface area contributed by atoms with Crippen molar-refractivity contribution in [3.05, 3.63) is 38.8 Å². The van der Waals surface area contributed by atoms with Crippen LogP contribution in [0.5, 0.6) is 0 Å². The number of pyridine rings is 1. The minimum absolute atomic E-state index is 0.0745. The molecule has 0 aromatic carbocycles. The number of thiol groups is 1. The van der Waals surface area contributed by atoms with Crippen molar-refractivity contribution < 1.29 is 4.92 Å². The Kier molecular flexibility index (Phi) is 3.74. The summed E-state index contributed by atoms with van der Waals surface area (Å²) < 4.78 is 1.36. The van der Waals surface area contributed by atoms with Crippen LogP contribution < -0.4 is 5.56 Å². The molecule has 0 amide bonds. The zero-order valence-electron chi connectivity index (χ0n) is 9.21. The third-order valence-corrected chi connectivity index (χ3v) is 3.06. The van der Waals surface area contributed by atoms with Crippen LogP contribution in [0, 0.1) is 15.5 Å². The molecule has 1 rings (SSSR count). The van der Waals surface area contributed by atoms with Crippen LogP contribution in [-0.2, 0) is 6.54 Å². The summed E-state index contributed by atoms with van der Waals surface area (Å²) in [6.07, 6.45) is 1.27. The maximum absolute atomic E-state index is 11.5. The van der Waals surface area contributed by atoms with Gasteiger partial charge in [0, 0.05) is 18.7 Å². The van der Waals surface area contributed by atoms with E-state index in [0.717, 1.165) is 0 Å². The normalized spacial score (nSPS) is 11.4. The topological polar surface area (TPSA) is 65.1 Å². The van der Waals surface area contributed by atoms with Gasteiger partial charge < -0.3 is 4.57 Å². The van der Waals surface area contributed by atoms with Crippen LogP contribution in [0.4, 0.5) is 5.69 Å². The molecule has 0 saturated carbocycles. The number of rotatable bonds is 4. The highest BCUT2D eigenvalue weighted by atomic mass is 32.1. The highest BCUT2D eigenvalue weighted by Crippen LogP contribution is 2.19. The number of hydrogen-bond donors (Lipinski definition) is 1. The standard InChI is InChI=1S/C10H14N2O3S/c1-10(2,7-16)6-11-5-8(12(14)15)3-4-9(11)13/h3-5,16H,6-7H2,1-2H3. The molecule has 0 saturated heterocycles. The van der Waals surface area contributed by atoms with Crippen molar-refractivity contribution in [3.8, 4) is 0 Å². The Morgan fingerprint density at radius 1 is 1.50 bits per heavy atom. The van der Waals surface area contributed by atoms with Gasteiger partial charge in [0.1, 0.15) is 0 Å². The molecule has 1 aromatic rings.